The standard InChI is InChI=1S/C12H13O3P/c1-9-6-7-10-4-2-3-5-11(10)12(9)8-16(13,14)15/h2-7H,8H2,1H3,(H2,13,14,15). The van der Waals surface area contributed by atoms with Gasteiger partial charge in [0, 0.05) is 0 Å². The van der Waals surface area contributed by atoms with E-state index in [2.05, 4.69) is 0 Å². The van der Waals surface area contributed by atoms with Crippen LogP contribution in [-0.4, -0.2) is 9.79 Å². The Balaban J connectivity index is 2.66. The van der Waals surface area contributed by atoms with Crippen LogP contribution in [0, 0.1) is 6.92 Å². The first-order valence-corrected chi connectivity index (χ1v) is 6.79. The second-order valence-corrected chi connectivity index (χ2v) is 5.55. The predicted octanol–water partition coefficient (Wildman–Crippen LogP) is 2.83. The normalized spacial score (nSPS) is 11.9. The zero-order chi connectivity index (χ0) is 11.8. The summed E-state index contributed by atoms with van der Waals surface area (Å²) in [6.07, 6.45) is -0.194. The largest absolute Gasteiger partial charge is 0.329 e. The van der Waals surface area contributed by atoms with E-state index in [4.69, 9.17) is 9.79 Å². The Kier molecular flexibility index (Phi) is 2.85. The Morgan fingerprint density at radius 2 is 1.81 bits per heavy atom. The van der Waals surface area contributed by atoms with E-state index < -0.39 is 7.60 Å². The van der Waals surface area contributed by atoms with Crippen LogP contribution in [0.4, 0.5) is 0 Å². The van der Waals surface area contributed by atoms with Gasteiger partial charge < -0.3 is 9.79 Å². The molecular weight excluding hydrogens is 223 g/mol. The number of fused-ring (bicyclic) bond motifs is 1. The lowest BCUT2D eigenvalue weighted by atomic mass is 10.0. The quantitative estimate of drug-likeness (QED) is 0.788. The highest BCUT2D eigenvalue weighted by molar-refractivity contribution is 7.50. The zero-order valence-electron chi connectivity index (χ0n) is 8.92. The molecule has 0 amide bonds. The van der Waals surface area contributed by atoms with E-state index >= 15 is 0 Å². The maximum Gasteiger partial charge on any atom is 0.329 e. The highest BCUT2D eigenvalue weighted by atomic mass is 31.2. The fraction of sp³-hybridized carbons (Fsp3) is 0.167. The monoisotopic (exact) mass is 236 g/mol. The number of hydrogen-bond donors (Lipinski definition) is 2. The van der Waals surface area contributed by atoms with Crippen molar-refractivity contribution in [2.45, 2.75) is 13.1 Å². The summed E-state index contributed by atoms with van der Waals surface area (Å²) >= 11 is 0. The van der Waals surface area contributed by atoms with E-state index in [1.807, 2.05) is 43.3 Å². The molecule has 3 nitrogen and oxygen atoms in total. The van der Waals surface area contributed by atoms with Gasteiger partial charge in [0.25, 0.3) is 0 Å². The molecule has 0 atom stereocenters. The van der Waals surface area contributed by atoms with Crippen molar-refractivity contribution in [2.24, 2.45) is 0 Å². The van der Waals surface area contributed by atoms with Crippen molar-refractivity contribution >= 4 is 18.4 Å². The van der Waals surface area contributed by atoms with Gasteiger partial charge in [-0.3, -0.25) is 4.57 Å². The van der Waals surface area contributed by atoms with Crippen molar-refractivity contribution in [3.8, 4) is 0 Å². The second-order valence-electron chi connectivity index (χ2n) is 3.90. The summed E-state index contributed by atoms with van der Waals surface area (Å²) in [5.74, 6) is 0. The molecule has 0 aliphatic heterocycles. The van der Waals surface area contributed by atoms with E-state index in [1.165, 1.54) is 0 Å². The molecule has 0 saturated heterocycles. The van der Waals surface area contributed by atoms with Crippen molar-refractivity contribution < 1.29 is 14.4 Å². The first-order valence-electron chi connectivity index (χ1n) is 4.99. The van der Waals surface area contributed by atoms with Gasteiger partial charge in [0.05, 0.1) is 6.16 Å². The van der Waals surface area contributed by atoms with Crippen LogP contribution in [0.3, 0.4) is 0 Å². The number of aryl methyl sites for hydroxylation is 1. The minimum atomic E-state index is -4.02. The molecule has 2 aromatic rings. The molecule has 0 heterocycles. The molecule has 0 aliphatic rings. The lowest BCUT2D eigenvalue weighted by molar-refractivity contribution is 0.372. The smallest absolute Gasteiger partial charge is 0.324 e. The molecule has 0 aromatic heterocycles. The summed E-state index contributed by atoms with van der Waals surface area (Å²) in [4.78, 5) is 18.1. The molecule has 84 valence electrons. The van der Waals surface area contributed by atoms with Gasteiger partial charge in [0.2, 0.25) is 0 Å². The van der Waals surface area contributed by atoms with Crippen molar-refractivity contribution in [1.82, 2.24) is 0 Å². The van der Waals surface area contributed by atoms with E-state index in [0.29, 0.717) is 0 Å². The van der Waals surface area contributed by atoms with E-state index in [1.54, 1.807) is 0 Å². The lowest BCUT2D eigenvalue weighted by Crippen LogP contribution is -1.92. The van der Waals surface area contributed by atoms with Gasteiger partial charge in [-0.2, -0.15) is 0 Å². The van der Waals surface area contributed by atoms with Crippen LogP contribution < -0.4 is 0 Å². The summed E-state index contributed by atoms with van der Waals surface area (Å²) in [7, 11) is -4.02. The van der Waals surface area contributed by atoms with Gasteiger partial charge >= 0.3 is 7.60 Å². The molecular formula is C12H13O3P. The van der Waals surface area contributed by atoms with Crippen LogP contribution in [0.15, 0.2) is 36.4 Å². The Labute approximate surface area is 93.9 Å². The van der Waals surface area contributed by atoms with Gasteiger partial charge in [0.15, 0.2) is 0 Å². The molecule has 0 fully saturated rings. The Hall–Kier alpha value is -1.15. The first-order chi connectivity index (χ1) is 7.47. The van der Waals surface area contributed by atoms with Crippen molar-refractivity contribution in [2.75, 3.05) is 0 Å². The van der Waals surface area contributed by atoms with Crippen molar-refractivity contribution in [3.05, 3.63) is 47.5 Å². The molecule has 2 aromatic carbocycles. The summed E-state index contributed by atoms with van der Waals surface area (Å²) < 4.78 is 11.1. The van der Waals surface area contributed by atoms with Crippen LogP contribution in [0.1, 0.15) is 11.1 Å². The average molecular weight is 236 g/mol. The van der Waals surface area contributed by atoms with Gasteiger partial charge in [0.1, 0.15) is 0 Å². The highest BCUT2D eigenvalue weighted by Gasteiger charge is 2.17. The lowest BCUT2D eigenvalue weighted by Gasteiger charge is -2.11. The van der Waals surface area contributed by atoms with Crippen molar-refractivity contribution in [3.63, 3.8) is 0 Å². The molecule has 0 radical (unpaired) electrons. The fourth-order valence-electron chi connectivity index (χ4n) is 1.86. The topological polar surface area (TPSA) is 57.5 Å². The summed E-state index contributed by atoms with van der Waals surface area (Å²) in [5, 5.41) is 1.93. The van der Waals surface area contributed by atoms with Crippen LogP contribution in [0.2, 0.25) is 0 Å². The molecule has 2 rings (SSSR count). The Morgan fingerprint density at radius 1 is 1.12 bits per heavy atom. The third-order valence-corrected chi connectivity index (χ3v) is 3.37. The second kappa shape index (κ2) is 4.02. The first kappa shape index (κ1) is 11.3. The highest BCUT2D eigenvalue weighted by Crippen LogP contribution is 2.41. The number of hydrogen-bond acceptors (Lipinski definition) is 1. The van der Waals surface area contributed by atoms with Gasteiger partial charge in [-0.05, 0) is 28.8 Å². The minimum absolute atomic E-state index is 0.194. The maximum absolute atomic E-state index is 11.1. The third-order valence-electron chi connectivity index (χ3n) is 2.64. The Bertz CT molecular complexity index is 571. The fourth-order valence-corrected chi connectivity index (χ4v) is 2.69. The van der Waals surface area contributed by atoms with Gasteiger partial charge in [-0.1, -0.05) is 36.4 Å². The predicted molar refractivity (Wildman–Crippen MR) is 64.4 cm³/mol. The van der Waals surface area contributed by atoms with Gasteiger partial charge in [-0.15, -0.1) is 0 Å². The molecule has 4 heteroatoms. The van der Waals surface area contributed by atoms with E-state index in [9.17, 15) is 4.57 Å². The van der Waals surface area contributed by atoms with Crippen molar-refractivity contribution in [1.29, 1.82) is 0 Å². The molecule has 0 spiro atoms. The average Bonchev–Trinajstić information content (AvgIpc) is 2.21. The SMILES string of the molecule is Cc1ccc2ccccc2c1CP(=O)(O)O. The summed E-state index contributed by atoms with van der Waals surface area (Å²) in [5.41, 5.74) is 1.66. The minimum Gasteiger partial charge on any atom is -0.324 e. The maximum atomic E-state index is 11.1. The van der Waals surface area contributed by atoms with Crippen LogP contribution >= 0.6 is 7.60 Å². The molecule has 16 heavy (non-hydrogen) atoms. The van der Waals surface area contributed by atoms with E-state index in [-0.39, 0.29) is 6.16 Å². The molecule has 2 N–H and O–H groups in total. The third kappa shape index (κ3) is 2.33. The molecule has 0 saturated carbocycles. The Morgan fingerprint density at radius 3 is 2.50 bits per heavy atom. The van der Waals surface area contributed by atoms with Gasteiger partial charge in [-0.25, -0.2) is 0 Å². The molecule has 0 bridgehead atoms. The summed E-state index contributed by atoms with van der Waals surface area (Å²) in [6, 6.07) is 11.5. The summed E-state index contributed by atoms with van der Waals surface area (Å²) in [6.45, 7) is 1.87. The molecule has 0 unspecified atom stereocenters. The van der Waals surface area contributed by atoms with Crippen LogP contribution in [0.25, 0.3) is 10.8 Å². The number of rotatable bonds is 2. The zero-order valence-corrected chi connectivity index (χ0v) is 9.82. The van der Waals surface area contributed by atoms with Crippen LogP contribution in [-0.2, 0) is 10.7 Å². The van der Waals surface area contributed by atoms with E-state index in [0.717, 1.165) is 21.9 Å². The molecule has 0 aliphatic carbocycles. The number of benzene rings is 2. The van der Waals surface area contributed by atoms with Crippen LogP contribution in [0.5, 0.6) is 0 Å².